The van der Waals surface area contributed by atoms with Gasteiger partial charge in [0, 0.05) is 24.4 Å². The molecule has 1 fully saturated rings. The molecule has 1 aromatic heterocycles. The van der Waals surface area contributed by atoms with Crippen molar-refractivity contribution in [2.45, 2.75) is 51.5 Å². The van der Waals surface area contributed by atoms with Crippen LogP contribution in [0, 0.1) is 5.92 Å². The standard InChI is InChI=1S/C13H20N2O2/c1-2-15-12(8-9-14-15)10-6-4-3-5-7-11(10)13(16)17/h8-11H,2-7H2,1H3,(H,16,17). The summed E-state index contributed by atoms with van der Waals surface area (Å²) < 4.78 is 1.94. The zero-order valence-electron chi connectivity index (χ0n) is 10.3. The SMILES string of the molecule is CCn1nccc1C1CCCCCC1C(=O)O. The van der Waals surface area contributed by atoms with Crippen LogP contribution in [0.15, 0.2) is 12.3 Å². The highest BCUT2D eigenvalue weighted by Gasteiger charge is 2.32. The number of aryl methyl sites for hydroxylation is 1. The van der Waals surface area contributed by atoms with Crippen LogP contribution >= 0.6 is 0 Å². The van der Waals surface area contributed by atoms with Gasteiger partial charge in [-0.3, -0.25) is 9.48 Å². The van der Waals surface area contributed by atoms with Gasteiger partial charge in [-0.1, -0.05) is 19.3 Å². The molecule has 0 radical (unpaired) electrons. The molecule has 0 saturated heterocycles. The normalized spacial score (nSPS) is 25.5. The number of carbonyl (C=O) groups is 1. The number of hydrogen-bond donors (Lipinski definition) is 1. The Kier molecular flexibility index (Phi) is 3.82. The fraction of sp³-hybridized carbons (Fsp3) is 0.692. The zero-order chi connectivity index (χ0) is 12.3. The lowest BCUT2D eigenvalue weighted by atomic mass is 9.85. The molecule has 2 atom stereocenters. The fourth-order valence-corrected chi connectivity index (χ4v) is 2.88. The average molecular weight is 236 g/mol. The van der Waals surface area contributed by atoms with Crippen LogP contribution in [0.25, 0.3) is 0 Å². The van der Waals surface area contributed by atoms with E-state index in [1.54, 1.807) is 6.20 Å². The van der Waals surface area contributed by atoms with Gasteiger partial charge in [-0.15, -0.1) is 0 Å². The Morgan fingerprint density at radius 1 is 1.47 bits per heavy atom. The first kappa shape index (κ1) is 12.1. The number of hydrogen-bond acceptors (Lipinski definition) is 2. The molecule has 0 spiro atoms. The third-order valence-corrected chi connectivity index (χ3v) is 3.76. The maximum absolute atomic E-state index is 11.4. The summed E-state index contributed by atoms with van der Waals surface area (Å²) in [6, 6.07) is 1.98. The van der Waals surface area contributed by atoms with E-state index in [1.165, 1.54) is 0 Å². The third-order valence-electron chi connectivity index (χ3n) is 3.76. The number of carboxylic acids is 1. The predicted octanol–water partition coefficient (Wildman–Crippen LogP) is 2.65. The Morgan fingerprint density at radius 3 is 2.94 bits per heavy atom. The van der Waals surface area contributed by atoms with E-state index < -0.39 is 5.97 Å². The van der Waals surface area contributed by atoms with Crippen molar-refractivity contribution in [1.82, 2.24) is 9.78 Å². The Bertz CT molecular complexity index is 387. The lowest BCUT2D eigenvalue weighted by Crippen LogP contribution is -2.23. The predicted molar refractivity (Wildman–Crippen MR) is 64.9 cm³/mol. The van der Waals surface area contributed by atoms with Crippen molar-refractivity contribution < 1.29 is 9.90 Å². The summed E-state index contributed by atoms with van der Waals surface area (Å²) in [5, 5.41) is 13.6. The monoisotopic (exact) mass is 236 g/mol. The van der Waals surface area contributed by atoms with E-state index in [4.69, 9.17) is 0 Å². The van der Waals surface area contributed by atoms with Crippen LogP contribution in [0.5, 0.6) is 0 Å². The molecule has 1 N–H and O–H groups in total. The first-order valence-corrected chi connectivity index (χ1v) is 6.48. The van der Waals surface area contributed by atoms with Gasteiger partial charge in [0.15, 0.2) is 0 Å². The average Bonchev–Trinajstić information content (AvgIpc) is 2.64. The number of aliphatic carboxylic acids is 1. The Balaban J connectivity index is 2.28. The van der Waals surface area contributed by atoms with E-state index in [0.29, 0.717) is 0 Å². The van der Waals surface area contributed by atoms with E-state index in [2.05, 4.69) is 5.10 Å². The summed E-state index contributed by atoms with van der Waals surface area (Å²) in [4.78, 5) is 11.4. The number of carboxylic acid groups (broad SMARTS) is 1. The molecule has 1 saturated carbocycles. The summed E-state index contributed by atoms with van der Waals surface area (Å²) in [6.45, 7) is 2.86. The van der Waals surface area contributed by atoms with Crippen LogP contribution in [0.4, 0.5) is 0 Å². The molecular weight excluding hydrogens is 216 g/mol. The van der Waals surface area contributed by atoms with Crippen LogP contribution < -0.4 is 0 Å². The molecule has 4 heteroatoms. The summed E-state index contributed by atoms with van der Waals surface area (Å²) in [5.41, 5.74) is 1.10. The molecule has 17 heavy (non-hydrogen) atoms. The van der Waals surface area contributed by atoms with E-state index in [9.17, 15) is 9.90 Å². The van der Waals surface area contributed by atoms with Crippen molar-refractivity contribution in [3.8, 4) is 0 Å². The van der Waals surface area contributed by atoms with Crippen LogP contribution in [0.2, 0.25) is 0 Å². The maximum Gasteiger partial charge on any atom is 0.307 e. The van der Waals surface area contributed by atoms with Gasteiger partial charge < -0.3 is 5.11 Å². The molecule has 1 aromatic rings. The van der Waals surface area contributed by atoms with E-state index in [-0.39, 0.29) is 11.8 Å². The van der Waals surface area contributed by atoms with Gasteiger partial charge in [-0.05, 0) is 25.8 Å². The minimum absolute atomic E-state index is 0.137. The van der Waals surface area contributed by atoms with Crippen molar-refractivity contribution in [1.29, 1.82) is 0 Å². The lowest BCUT2D eigenvalue weighted by molar-refractivity contribution is -0.142. The fourth-order valence-electron chi connectivity index (χ4n) is 2.88. The lowest BCUT2D eigenvalue weighted by Gasteiger charge is -2.22. The minimum atomic E-state index is -0.652. The van der Waals surface area contributed by atoms with Gasteiger partial charge >= 0.3 is 5.97 Å². The van der Waals surface area contributed by atoms with Crippen LogP contribution in [-0.4, -0.2) is 20.9 Å². The van der Waals surface area contributed by atoms with Crippen molar-refractivity contribution in [2.24, 2.45) is 5.92 Å². The molecule has 94 valence electrons. The van der Waals surface area contributed by atoms with E-state index >= 15 is 0 Å². The highest BCUT2D eigenvalue weighted by atomic mass is 16.4. The molecule has 1 aliphatic rings. The molecule has 4 nitrogen and oxygen atoms in total. The maximum atomic E-state index is 11.4. The number of nitrogens with zero attached hydrogens (tertiary/aromatic N) is 2. The van der Waals surface area contributed by atoms with Crippen molar-refractivity contribution >= 4 is 5.97 Å². The molecule has 0 amide bonds. The highest BCUT2D eigenvalue weighted by Crippen LogP contribution is 2.36. The van der Waals surface area contributed by atoms with Crippen molar-refractivity contribution in [2.75, 3.05) is 0 Å². The van der Waals surface area contributed by atoms with Crippen LogP contribution in [0.1, 0.15) is 50.6 Å². The highest BCUT2D eigenvalue weighted by molar-refractivity contribution is 5.71. The Hall–Kier alpha value is -1.32. The smallest absolute Gasteiger partial charge is 0.307 e. The van der Waals surface area contributed by atoms with Gasteiger partial charge in [0.2, 0.25) is 0 Å². The quantitative estimate of drug-likeness (QED) is 0.821. The van der Waals surface area contributed by atoms with Gasteiger partial charge in [0.25, 0.3) is 0 Å². The zero-order valence-corrected chi connectivity index (χ0v) is 10.3. The molecule has 1 aliphatic carbocycles. The van der Waals surface area contributed by atoms with Gasteiger partial charge in [0.1, 0.15) is 0 Å². The first-order valence-electron chi connectivity index (χ1n) is 6.48. The molecule has 1 heterocycles. The van der Waals surface area contributed by atoms with E-state index in [1.807, 2.05) is 17.7 Å². The third kappa shape index (κ3) is 2.51. The Labute approximate surface area is 102 Å². The number of aromatic nitrogens is 2. The molecule has 0 bridgehead atoms. The van der Waals surface area contributed by atoms with E-state index in [0.717, 1.165) is 44.3 Å². The van der Waals surface area contributed by atoms with Crippen molar-refractivity contribution in [3.05, 3.63) is 18.0 Å². The summed E-state index contributed by atoms with van der Waals surface area (Å²) in [7, 11) is 0. The number of rotatable bonds is 3. The van der Waals surface area contributed by atoms with Crippen LogP contribution in [-0.2, 0) is 11.3 Å². The van der Waals surface area contributed by atoms with Crippen molar-refractivity contribution in [3.63, 3.8) is 0 Å². The molecule has 0 aromatic carbocycles. The second kappa shape index (κ2) is 5.34. The summed E-state index contributed by atoms with van der Waals surface area (Å²) in [6.07, 6.45) is 6.87. The van der Waals surface area contributed by atoms with Gasteiger partial charge in [-0.2, -0.15) is 5.10 Å². The first-order chi connectivity index (χ1) is 8.24. The molecule has 0 aliphatic heterocycles. The summed E-state index contributed by atoms with van der Waals surface area (Å²) in [5.74, 6) is -0.752. The topological polar surface area (TPSA) is 55.1 Å². The molecule has 2 rings (SSSR count). The minimum Gasteiger partial charge on any atom is -0.481 e. The van der Waals surface area contributed by atoms with Gasteiger partial charge in [-0.25, -0.2) is 0 Å². The van der Waals surface area contributed by atoms with Gasteiger partial charge in [0.05, 0.1) is 5.92 Å². The molecular formula is C13H20N2O2. The Morgan fingerprint density at radius 2 is 2.24 bits per heavy atom. The van der Waals surface area contributed by atoms with Crippen LogP contribution in [0.3, 0.4) is 0 Å². The second-order valence-electron chi connectivity index (χ2n) is 4.76. The summed E-state index contributed by atoms with van der Waals surface area (Å²) >= 11 is 0. The largest absolute Gasteiger partial charge is 0.481 e. The molecule has 2 unspecified atom stereocenters. The second-order valence-corrected chi connectivity index (χ2v) is 4.76.